The monoisotopic (exact) mass is 606 g/mol. The molecule has 1 aliphatic heterocycles. The van der Waals surface area contributed by atoms with E-state index in [4.69, 9.17) is 46.5 Å². The van der Waals surface area contributed by atoms with Gasteiger partial charge in [-0.3, -0.25) is 24.0 Å². The second-order valence-corrected chi connectivity index (χ2v) is 9.35. The van der Waals surface area contributed by atoms with E-state index in [2.05, 4.69) is 5.10 Å². The predicted octanol–water partition coefficient (Wildman–Crippen LogP) is 0.923. The van der Waals surface area contributed by atoms with Crippen LogP contribution >= 0.6 is 12.2 Å². The van der Waals surface area contributed by atoms with Gasteiger partial charge in [-0.1, -0.05) is 18.2 Å². The summed E-state index contributed by atoms with van der Waals surface area (Å²) in [7, 11) is 1.53. The number of methoxy groups -OCH3 is 1. The summed E-state index contributed by atoms with van der Waals surface area (Å²) in [6.45, 7) is 3.97. The molecule has 0 spiro atoms. The zero-order valence-corrected chi connectivity index (χ0v) is 24.2. The number of hydrogen-bond acceptors (Lipinski definition) is 14. The molecule has 0 aliphatic carbocycles. The van der Waals surface area contributed by atoms with Crippen molar-refractivity contribution < 1.29 is 47.6 Å². The Bertz CT molecular complexity index is 1480. The van der Waals surface area contributed by atoms with Gasteiger partial charge in [0.05, 0.1) is 7.11 Å². The maximum absolute atomic E-state index is 12.9. The fourth-order valence-electron chi connectivity index (χ4n) is 4.09. The molecule has 2 N–H and O–H groups in total. The standard InChI is InChI=1S/C26H30N4O11S/c1-13(31)37-12-20-21(38-14(2)32)22(39-15(3)33)23(40-16(4)34)25(41-20)30-26(42)29(27)24(35)19(28-30)11-8-17-6-9-18(36-5)10-7-17/h6-11,20-23,25H,12,27H2,1-5H3/b11-8+/t20-,21-,22-,23-,25-/m1/s1. The lowest BCUT2D eigenvalue weighted by atomic mass is 9.97. The van der Waals surface area contributed by atoms with Crippen LogP contribution in [0.15, 0.2) is 29.1 Å². The van der Waals surface area contributed by atoms with Gasteiger partial charge in [0.15, 0.2) is 30.2 Å². The van der Waals surface area contributed by atoms with Crippen molar-refractivity contribution in [3.8, 4) is 5.75 Å². The molecular formula is C26H30N4O11S. The topological polar surface area (TPSA) is 190 Å². The van der Waals surface area contributed by atoms with Crippen LogP contribution in [0.25, 0.3) is 12.2 Å². The number of rotatable bonds is 9. The third kappa shape index (κ3) is 7.79. The zero-order chi connectivity index (χ0) is 31.1. The molecule has 3 rings (SSSR count). The normalized spacial score (nSPS) is 21.8. The fraction of sp³-hybridized carbons (Fsp3) is 0.423. The van der Waals surface area contributed by atoms with Crippen molar-refractivity contribution in [3.63, 3.8) is 0 Å². The lowest BCUT2D eigenvalue weighted by Gasteiger charge is -2.44. The van der Waals surface area contributed by atoms with E-state index in [9.17, 15) is 24.0 Å². The van der Waals surface area contributed by atoms with Crippen molar-refractivity contribution in [2.75, 3.05) is 19.6 Å². The first-order chi connectivity index (χ1) is 19.8. The second kappa shape index (κ2) is 13.9. The Kier molecular flexibility index (Phi) is 10.5. The van der Waals surface area contributed by atoms with E-state index in [1.807, 2.05) is 0 Å². The quantitative estimate of drug-likeness (QED) is 0.183. The predicted molar refractivity (Wildman–Crippen MR) is 147 cm³/mol. The first-order valence-corrected chi connectivity index (χ1v) is 12.9. The molecular weight excluding hydrogens is 576 g/mol. The van der Waals surface area contributed by atoms with Crippen LogP contribution in [0.4, 0.5) is 0 Å². The molecule has 0 unspecified atom stereocenters. The number of carbonyl (C=O) groups is 4. The number of ether oxygens (including phenoxy) is 6. The molecule has 226 valence electrons. The number of carbonyl (C=O) groups excluding carboxylic acids is 4. The minimum atomic E-state index is -1.51. The molecule has 0 bridgehead atoms. The number of benzene rings is 1. The molecule has 5 atom stereocenters. The highest BCUT2D eigenvalue weighted by atomic mass is 32.1. The number of aromatic nitrogens is 3. The Morgan fingerprint density at radius 3 is 2.05 bits per heavy atom. The van der Waals surface area contributed by atoms with Crippen LogP contribution in [-0.4, -0.2) is 76.5 Å². The van der Waals surface area contributed by atoms with Crippen molar-refractivity contribution in [2.45, 2.75) is 58.3 Å². The molecule has 42 heavy (non-hydrogen) atoms. The molecule has 2 heterocycles. The van der Waals surface area contributed by atoms with Crippen LogP contribution in [0.1, 0.15) is 45.2 Å². The van der Waals surface area contributed by atoms with Crippen LogP contribution in [0.2, 0.25) is 0 Å². The van der Waals surface area contributed by atoms with Gasteiger partial charge in [0.25, 0.3) is 5.56 Å². The van der Waals surface area contributed by atoms with Crippen LogP contribution in [-0.2, 0) is 42.9 Å². The molecule has 0 radical (unpaired) electrons. The average molecular weight is 607 g/mol. The van der Waals surface area contributed by atoms with Gasteiger partial charge in [-0.2, -0.15) is 9.77 Å². The van der Waals surface area contributed by atoms with Crippen LogP contribution in [0, 0.1) is 4.77 Å². The number of nitrogens with two attached hydrogens (primary N) is 1. The average Bonchev–Trinajstić information content (AvgIpc) is 2.92. The first-order valence-electron chi connectivity index (χ1n) is 12.5. The second-order valence-electron chi connectivity index (χ2n) is 8.98. The maximum atomic E-state index is 12.9. The highest BCUT2D eigenvalue weighted by molar-refractivity contribution is 7.71. The first kappa shape index (κ1) is 32.0. The number of nitrogen functional groups attached to an aromatic ring is 1. The summed E-state index contributed by atoms with van der Waals surface area (Å²) in [5.74, 6) is 3.51. The summed E-state index contributed by atoms with van der Waals surface area (Å²) in [6.07, 6.45) is -4.18. The van der Waals surface area contributed by atoms with Gasteiger partial charge in [-0.15, -0.1) is 0 Å². The Morgan fingerprint density at radius 1 is 0.929 bits per heavy atom. The van der Waals surface area contributed by atoms with Crippen molar-refractivity contribution in [1.29, 1.82) is 0 Å². The fourth-order valence-corrected chi connectivity index (χ4v) is 4.31. The molecule has 2 aromatic rings. The third-order valence-corrected chi connectivity index (χ3v) is 6.20. The van der Waals surface area contributed by atoms with E-state index < -0.39 is 66.7 Å². The Hall–Kier alpha value is -4.57. The van der Waals surface area contributed by atoms with Crippen LogP contribution < -0.4 is 16.1 Å². The van der Waals surface area contributed by atoms with Gasteiger partial charge in [0.2, 0.25) is 4.77 Å². The lowest BCUT2D eigenvalue weighted by molar-refractivity contribution is -0.271. The molecule has 1 aromatic heterocycles. The summed E-state index contributed by atoms with van der Waals surface area (Å²) >= 11 is 5.37. The van der Waals surface area contributed by atoms with Gasteiger partial charge in [0, 0.05) is 27.7 Å². The van der Waals surface area contributed by atoms with Gasteiger partial charge in [0.1, 0.15) is 18.5 Å². The van der Waals surface area contributed by atoms with Gasteiger partial charge in [-0.25, -0.2) is 4.68 Å². The summed E-state index contributed by atoms with van der Waals surface area (Å²) < 4.78 is 33.8. The highest BCUT2D eigenvalue weighted by Gasteiger charge is 2.53. The van der Waals surface area contributed by atoms with E-state index >= 15 is 0 Å². The molecule has 1 aliphatic rings. The van der Waals surface area contributed by atoms with Crippen molar-refractivity contribution in [1.82, 2.24) is 14.5 Å². The van der Waals surface area contributed by atoms with Crippen molar-refractivity contribution in [2.24, 2.45) is 0 Å². The molecule has 0 saturated carbocycles. The highest BCUT2D eigenvalue weighted by Crippen LogP contribution is 2.34. The molecule has 15 nitrogen and oxygen atoms in total. The van der Waals surface area contributed by atoms with Crippen molar-refractivity contribution >= 4 is 48.2 Å². The van der Waals surface area contributed by atoms with Crippen LogP contribution in [0.5, 0.6) is 5.75 Å². The number of hydrogen-bond donors (Lipinski definition) is 1. The van der Waals surface area contributed by atoms with Gasteiger partial charge < -0.3 is 34.3 Å². The SMILES string of the molecule is COc1ccc(/C=C/c2nn([C@@H]3O[C@H](COC(C)=O)[C@@H](OC(C)=O)[C@@H](OC(C)=O)[C@H]3OC(C)=O)c(=S)n(N)c2=O)cc1. The van der Waals surface area contributed by atoms with E-state index in [0.29, 0.717) is 16.0 Å². The number of nitrogens with zero attached hydrogens (tertiary/aromatic N) is 3. The Morgan fingerprint density at radius 2 is 1.50 bits per heavy atom. The summed E-state index contributed by atoms with van der Waals surface area (Å²) in [5.41, 5.74) is -0.247. The molecule has 0 amide bonds. The minimum Gasteiger partial charge on any atom is -0.497 e. The third-order valence-electron chi connectivity index (χ3n) is 5.81. The minimum absolute atomic E-state index is 0.185. The summed E-state index contributed by atoms with van der Waals surface area (Å²) in [4.78, 5) is 60.8. The summed E-state index contributed by atoms with van der Waals surface area (Å²) in [5, 5.41) is 4.31. The maximum Gasteiger partial charge on any atom is 0.303 e. The van der Waals surface area contributed by atoms with E-state index in [1.54, 1.807) is 30.3 Å². The summed E-state index contributed by atoms with van der Waals surface area (Å²) in [6, 6.07) is 6.92. The Balaban J connectivity index is 2.17. The Labute approximate surface area is 244 Å². The van der Waals surface area contributed by atoms with Gasteiger partial charge >= 0.3 is 23.9 Å². The molecule has 1 saturated heterocycles. The van der Waals surface area contributed by atoms with E-state index in [1.165, 1.54) is 13.2 Å². The van der Waals surface area contributed by atoms with E-state index in [0.717, 1.165) is 32.4 Å². The largest absolute Gasteiger partial charge is 0.497 e. The molecule has 16 heteroatoms. The smallest absolute Gasteiger partial charge is 0.303 e. The van der Waals surface area contributed by atoms with Crippen LogP contribution in [0.3, 0.4) is 0 Å². The van der Waals surface area contributed by atoms with Gasteiger partial charge in [-0.05, 0) is 36.0 Å². The lowest BCUT2D eigenvalue weighted by Crippen LogP contribution is -2.61. The molecule has 1 aromatic carbocycles. The van der Waals surface area contributed by atoms with E-state index in [-0.39, 0.29) is 10.5 Å². The van der Waals surface area contributed by atoms with Crippen molar-refractivity contribution in [3.05, 3.63) is 50.6 Å². The number of esters is 4. The zero-order valence-electron chi connectivity index (χ0n) is 23.4. The molecule has 1 fully saturated rings.